The average molecular weight is 720 g/mol. The summed E-state index contributed by atoms with van der Waals surface area (Å²) < 4.78 is 11.2. The molecule has 0 saturated heterocycles. The average Bonchev–Trinajstić information content (AvgIpc) is 3.21. The monoisotopic (exact) mass is 719 g/mol. The zero-order valence-electron chi connectivity index (χ0n) is 30.5. The number of carboxylic acids is 1. The number of nitrogens with one attached hydrogen (secondary N) is 1. The van der Waals surface area contributed by atoms with Gasteiger partial charge in [-0.15, -0.1) is 0 Å². The molecule has 3 atom stereocenters. The summed E-state index contributed by atoms with van der Waals surface area (Å²) >= 11 is 0. The van der Waals surface area contributed by atoms with E-state index in [1.54, 1.807) is 39.8 Å². The van der Waals surface area contributed by atoms with Crippen LogP contribution in [0, 0.1) is 11.3 Å². The minimum Gasteiger partial charge on any atom is -0.496 e. The Labute approximate surface area is 307 Å². The number of methoxy groups -OCH3 is 1. The predicted molar refractivity (Wildman–Crippen MR) is 198 cm³/mol. The molecule has 13 heteroatoms. The number of carbonyl (C=O) groups excluding carboxylic acids is 4. The molecule has 1 aliphatic rings. The molecule has 274 valence electrons. The van der Waals surface area contributed by atoms with E-state index in [2.05, 4.69) is 11.4 Å². The Balaban J connectivity index is 1.67. The van der Waals surface area contributed by atoms with Crippen molar-refractivity contribution in [2.75, 3.05) is 24.0 Å². The van der Waals surface area contributed by atoms with Crippen LogP contribution in [-0.4, -0.2) is 77.7 Å². The van der Waals surface area contributed by atoms with Crippen LogP contribution in [-0.2, 0) is 20.9 Å². The van der Waals surface area contributed by atoms with Crippen molar-refractivity contribution in [2.45, 2.75) is 64.9 Å². The second kappa shape index (κ2) is 15.1. The Hall–Kier alpha value is -6.42. The van der Waals surface area contributed by atoms with Crippen molar-refractivity contribution in [1.29, 1.82) is 5.26 Å². The van der Waals surface area contributed by atoms with Crippen LogP contribution in [0.5, 0.6) is 5.75 Å². The van der Waals surface area contributed by atoms with Gasteiger partial charge in [-0.1, -0.05) is 30.3 Å². The maximum Gasteiger partial charge on any atom is 0.410 e. The van der Waals surface area contributed by atoms with Crippen LogP contribution >= 0.6 is 0 Å². The van der Waals surface area contributed by atoms with E-state index < -0.39 is 53.5 Å². The zero-order valence-corrected chi connectivity index (χ0v) is 30.5. The molecule has 0 aromatic heterocycles. The smallest absolute Gasteiger partial charge is 0.410 e. The van der Waals surface area contributed by atoms with Crippen LogP contribution in [0.2, 0.25) is 0 Å². The molecule has 1 aliphatic heterocycles. The maximum atomic E-state index is 15.0. The first-order chi connectivity index (χ1) is 25.1. The van der Waals surface area contributed by atoms with Gasteiger partial charge in [-0.05, 0) is 93.9 Å². The van der Waals surface area contributed by atoms with E-state index in [4.69, 9.17) is 9.47 Å². The first kappa shape index (κ1) is 37.8. The highest BCUT2D eigenvalue weighted by Crippen LogP contribution is 2.40. The number of benzene rings is 4. The van der Waals surface area contributed by atoms with E-state index in [0.29, 0.717) is 11.3 Å². The molecule has 53 heavy (non-hydrogen) atoms. The first-order valence-corrected chi connectivity index (χ1v) is 16.9. The lowest BCUT2D eigenvalue weighted by Gasteiger charge is -2.34. The number of hydrogen-bond donors (Lipinski definition) is 2. The van der Waals surface area contributed by atoms with Crippen LogP contribution in [0.25, 0.3) is 10.8 Å². The minimum atomic E-state index is -1.38. The number of nitrogens with zero attached hydrogens (tertiary/aromatic N) is 4. The fourth-order valence-electron chi connectivity index (χ4n) is 6.18. The molecule has 0 aliphatic carbocycles. The molecule has 13 nitrogen and oxygen atoms in total. The highest BCUT2D eigenvalue weighted by molar-refractivity contribution is 6.14. The molecule has 0 bridgehead atoms. The SMILES string of the molecule is COc1ccc2ccccc2c1CN1C(=O)[C@@H](NC(=O)C(C)N(C)C(=O)OC(C)(C)C)[C@H](C)N(C(=O)c2ccc(C(=O)O)cc2)c2cc(C#N)ccc21. The van der Waals surface area contributed by atoms with Crippen molar-refractivity contribution >= 4 is 51.9 Å². The van der Waals surface area contributed by atoms with Gasteiger partial charge in [0.2, 0.25) is 5.91 Å². The number of anilines is 2. The summed E-state index contributed by atoms with van der Waals surface area (Å²) in [6.45, 7) is 8.13. The number of rotatable bonds is 8. The largest absolute Gasteiger partial charge is 0.496 e. The van der Waals surface area contributed by atoms with Crippen LogP contribution < -0.4 is 19.9 Å². The van der Waals surface area contributed by atoms with Crippen molar-refractivity contribution in [3.05, 3.63) is 101 Å². The van der Waals surface area contributed by atoms with E-state index in [1.165, 1.54) is 67.3 Å². The number of hydrogen-bond acceptors (Lipinski definition) is 8. The van der Waals surface area contributed by atoms with Crippen LogP contribution in [0.3, 0.4) is 0 Å². The van der Waals surface area contributed by atoms with Gasteiger partial charge in [0, 0.05) is 18.2 Å². The molecular weight excluding hydrogens is 678 g/mol. The summed E-state index contributed by atoms with van der Waals surface area (Å²) in [5.41, 5.74) is 0.614. The number of nitriles is 1. The summed E-state index contributed by atoms with van der Waals surface area (Å²) in [7, 11) is 2.93. The molecule has 4 amide bonds. The third-order valence-corrected chi connectivity index (χ3v) is 9.15. The quantitative estimate of drug-likeness (QED) is 0.231. The molecule has 2 N–H and O–H groups in total. The Morgan fingerprint density at radius 2 is 1.64 bits per heavy atom. The minimum absolute atomic E-state index is 0.0312. The van der Waals surface area contributed by atoms with E-state index in [9.17, 15) is 34.3 Å². The molecule has 0 radical (unpaired) electrons. The predicted octanol–water partition coefficient (Wildman–Crippen LogP) is 5.74. The highest BCUT2D eigenvalue weighted by atomic mass is 16.6. The lowest BCUT2D eigenvalue weighted by atomic mass is 10.0. The van der Waals surface area contributed by atoms with Crippen LogP contribution in [0.1, 0.15) is 66.5 Å². The van der Waals surface area contributed by atoms with Gasteiger partial charge in [-0.3, -0.25) is 19.3 Å². The Morgan fingerprint density at radius 1 is 0.981 bits per heavy atom. The zero-order chi connectivity index (χ0) is 38.8. The normalized spacial score (nSPS) is 16.2. The van der Waals surface area contributed by atoms with E-state index >= 15 is 0 Å². The van der Waals surface area contributed by atoms with Crippen molar-refractivity contribution < 1.29 is 38.6 Å². The van der Waals surface area contributed by atoms with Crippen molar-refractivity contribution in [2.24, 2.45) is 0 Å². The highest BCUT2D eigenvalue weighted by Gasteiger charge is 2.44. The maximum absolute atomic E-state index is 15.0. The van der Waals surface area contributed by atoms with Gasteiger partial charge < -0.3 is 29.7 Å². The summed E-state index contributed by atoms with van der Waals surface area (Å²) in [4.78, 5) is 71.8. The van der Waals surface area contributed by atoms with Gasteiger partial charge in [-0.2, -0.15) is 5.26 Å². The number of ether oxygens (including phenoxy) is 2. The number of carboxylic acid groups (broad SMARTS) is 1. The van der Waals surface area contributed by atoms with Crippen molar-refractivity contribution in [3.8, 4) is 11.8 Å². The molecule has 0 saturated carbocycles. The fraction of sp³-hybridized carbons (Fsp3) is 0.300. The molecule has 4 aromatic rings. The number of aromatic carboxylic acids is 1. The third kappa shape index (κ3) is 7.77. The van der Waals surface area contributed by atoms with Gasteiger partial charge in [0.15, 0.2) is 0 Å². The van der Waals surface area contributed by atoms with Crippen molar-refractivity contribution in [3.63, 3.8) is 0 Å². The van der Waals surface area contributed by atoms with Crippen molar-refractivity contribution in [1.82, 2.24) is 10.2 Å². The van der Waals surface area contributed by atoms with E-state index in [0.717, 1.165) is 15.7 Å². The molecule has 0 spiro atoms. The number of carbonyl (C=O) groups is 5. The van der Waals surface area contributed by atoms with E-state index in [1.807, 2.05) is 30.3 Å². The van der Waals surface area contributed by atoms with Gasteiger partial charge in [0.05, 0.1) is 48.3 Å². The van der Waals surface area contributed by atoms with Gasteiger partial charge in [0.25, 0.3) is 11.8 Å². The topological polar surface area (TPSA) is 170 Å². The van der Waals surface area contributed by atoms with E-state index in [-0.39, 0.29) is 34.6 Å². The third-order valence-electron chi connectivity index (χ3n) is 9.15. The number of amides is 4. The van der Waals surface area contributed by atoms with Crippen LogP contribution in [0.15, 0.2) is 78.9 Å². The molecule has 1 heterocycles. The standard InChI is InChI=1S/C40H41N5O8/c1-23-34(42-35(46)24(2)43(6)39(51)53-40(3,4)5)37(48)44(22-30-29-11-9-8-10-26(29)17-19-33(30)52-7)31-18-12-25(21-41)20-32(31)45(23)36(47)27-13-15-28(16-14-27)38(49)50/h8-20,23-24,34H,22H2,1-7H3,(H,42,46)(H,49,50)/t23-,24?,34-/m0/s1. The molecule has 5 rings (SSSR count). The summed E-state index contributed by atoms with van der Waals surface area (Å²) in [6.07, 6.45) is -0.747. The summed E-state index contributed by atoms with van der Waals surface area (Å²) in [5.74, 6) is -2.54. The summed E-state index contributed by atoms with van der Waals surface area (Å²) in [5, 5.41) is 23.9. The second-order valence-corrected chi connectivity index (χ2v) is 13.8. The van der Waals surface area contributed by atoms with Gasteiger partial charge >= 0.3 is 12.1 Å². The lowest BCUT2D eigenvalue weighted by Crippen LogP contribution is -2.60. The Bertz CT molecular complexity index is 2140. The molecule has 0 fully saturated rings. The Morgan fingerprint density at radius 3 is 2.26 bits per heavy atom. The lowest BCUT2D eigenvalue weighted by molar-refractivity contribution is -0.130. The number of fused-ring (bicyclic) bond motifs is 2. The molecule has 4 aromatic carbocycles. The van der Waals surface area contributed by atoms with Gasteiger partial charge in [-0.25, -0.2) is 9.59 Å². The Kier molecular flexibility index (Phi) is 10.7. The fourth-order valence-corrected chi connectivity index (χ4v) is 6.18. The molecular formula is C40H41N5O8. The second-order valence-electron chi connectivity index (χ2n) is 13.8. The first-order valence-electron chi connectivity index (χ1n) is 16.9. The number of likely N-dealkylation sites (N-methyl/N-ethyl adjacent to an activating group) is 1. The molecule has 1 unspecified atom stereocenters. The van der Waals surface area contributed by atoms with Crippen LogP contribution in [0.4, 0.5) is 16.2 Å². The summed E-state index contributed by atoms with van der Waals surface area (Å²) in [6, 6.07) is 19.8. The van der Waals surface area contributed by atoms with Gasteiger partial charge in [0.1, 0.15) is 23.4 Å².